The molecule has 2 aromatic heterocycles. The van der Waals surface area contributed by atoms with Crippen LogP contribution in [0.15, 0.2) is 35.8 Å². The van der Waals surface area contributed by atoms with Crippen LogP contribution in [0, 0.1) is 17.8 Å². The van der Waals surface area contributed by atoms with Crippen LogP contribution in [-0.4, -0.2) is 16.4 Å². The van der Waals surface area contributed by atoms with Gasteiger partial charge in [0.25, 0.3) is 5.91 Å². The van der Waals surface area contributed by atoms with Crippen LogP contribution in [0.2, 0.25) is 0 Å². The van der Waals surface area contributed by atoms with Crippen LogP contribution in [0.3, 0.4) is 0 Å². The van der Waals surface area contributed by atoms with Gasteiger partial charge < -0.3 is 10.6 Å². The topological polar surface area (TPSA) is 54.0 Å². The van der Waals surface area contributed by atoms with Gasteiger partial charge in [-0.25, -0.2) is 4.98 Å². The van der Waals surface area contributed by atoms with Crippen molar-refractivity contribution in [1.82, 2.24) is 4.98 Å². The highest BCUT2D eigenvalue weighted by molar-refractivity contribution is 7.12. The number of nitrogens with one attached hydrogen (secondary N) is 2. The molecule has 0 saturated heterocycles. The van der Waals surface area contributed by atoms with E-state index >= 15 is 0 Å². The van der Waals surface area contributed by atoms with E-state index in [2.05, 4.69) is 15.6 Å². The predicted octanol–water partition coefficient (Wildman–Crippen LogP) is 4.78. The van der Waals surface area contributed by atoms with Gasteiger partial charge >= 0.3 is 0 Å². The SMILES string of the molecule is O=C(Nc1ccc(NC23CC4CC(CC(C4)C2)C3)nc1)c1cccs1. The first kappa shape index (κ1) is 15.4. The number of carbonyl (C=O) groups is 1. The summed E-state index contributed by atoms with van der Waals surface area (Å²) in [5, 5.41) is 8.59. The second-order valence-electron chi connectivity index (χ2n) is 8.19. The van der Waals surface area contributed by atoms with E-state index in [1.54, 1.807) is 6.20 Å². The van der Waals surface area contributed by atoms with Crippen LogP contribution >= 0.6 is 11.3 Å². The van der Waals surface area contributed by atoms with Gasteiger partial charge in [-0.15, -0.1) is 11.3 Å². The molecule has 1 amide bonds. The molecule has 0 unspecified atom stereocenters. The summed E-state index contributed by atoms with van der Waals surface area (Å²) in [5.41, 5.74) is 1.01. The number of aromatic nitrogens is 1. The van der Waals surface area contributed by atoms with Gasteiger partial charge in [-0.05, 0) is 79.9 Å². The second-order valence-corrected chi connectivity index (χ2v) is 9.13. The zero-order valence-corrected chi connectivity index (χ0v) is 15.0. The second kappa shape index (κ2) is 5.84. The summed E-state index contributed by atoms with van der Waals surface area (Å²) in [4.78, 5) is 17.4. The minimum Gasteiger partial charge on any atom is -0.365 e. The first-order valence-corrected chi connectivity index (χ1v) is 10.1. The summed E-state index contributed by atoms with van der Waals surface area (Å²) in [6, 6.07) is 7.66. The van der Waals surface area contributed by atoms with Crippen molar-refractivity contribution in [3.63, 3.8) is 0 Å². The van der Waals surface area contributed by atoms with Crippen molar-refractivity contribution in [3.05, 3.63) is 40.7 Å². The van der Waals surface area contributed by atoms with Gasteiger partial charge in [0.1, 0.15) is 5.82 Å². The molecular formula is C20H23N3OS. The van der Waals surface area contributed by atoms with Crippen molar-refractivity contribution >= 4 is 28.7 Å². The molecule has 0 aliphatic heterocycles. The number of hydrogen-bond donors (Lipinski definition) is 2. The fourth-order valence-corrected chi connectivity index (χ4v) is 6.30. The third kappa shape index (κ3) is 2.95. The van der Waals surface area contributed by atoms with E-state index in [0.717, 1.165) is 34.1 Å². The Morgan fingerprint density at radius 3 is 2.36 bits per heavy atom. The number of pyridine rings is 1. The molecule has 0 radical (unpaired) electrons. The third-order valence-electron chi connectivity index (χ3n) is 6.20. The van der Waals surface area contributed by atoms with Gasteiger partial charge in [-0.2, -0.15) is 0 Å². The van der Waals surface area contributed by atoms with E-state index in [-0.39, 0.29) is 11.4 Å². The van der Waals surface area contributed by atoms with Gasteiger partial charge in [0.2, 0.25) is 0 Å². The smallest absolute Gasteiger partial charge is 0.265 e. The lowest BCUT2D eigenvalue weighted by Crippen LogP contribution is -2.54. The standard InChI is InChI=1S/C20H23N3OS/c24-19(17-2-1-5-25-17)22-16-3-4-18(21-12-16)23-20-9-13-6-14(10-20)8-15(7-13)11-20/h1-5,12-15H,6-11H2,(H,21,23)(H,22,24). The number of anilines is 2. The molecule has 4 bridgehead atoms. The highest BCUT2D eigenvalue weighted by atomic mass is 32.1. The summed E-state index contributed by atoms with van der Waals surface area (Å²) >= 11 is 1.45. The van der Waals surface area contributed by atoms with Crippen molar-refractivity contribution in [1.29, 1.82) is 0 Å². The maximum absolute atomic E-state index is 12.1. The van der Waals surface area contributed by atoms with Crippen molar-refractivity contribution in [2.45, 2.75) is 44.1 Å². The molecule has 5 heteroatoms. The molecule has 2 N–H and O–H groups in total. The molecule has 25 heavy (non-hydrogen) atoms. The van der Waals surface area contributed by atoms with Crippen molar-refractivity contribution in [3.8, 4) is 0 Å². The molecule has 4 saturated carbocycles. The molecule has 6 rings (SSSR count). The zero-order valence-electron chi connectivity index (χ0n) is 14.2. The summed E-state index contributed by atoms with van der Waals surface area (Å²) in [6.45, 7) is 0. The van der Waals surface area contributed by atoms with Crippen molar-refractivity contribution in [2.75, 3.05) is 10.6 Å². The Balaban J connectivity index is 1.27. The number of thiophene rings is 1. The van der Waals surface area contributed by atoms with E-state index in [1.165, 1.54) is 49.9 Å². The minimum absolute atomic E-state index is 0.0707. The largest absolute Gasteiger partial charge is 0.365 e. The summed E-state index contributed by atoms with van der Waals surface area (Å²) < 4.78 is 0. The molecule has 0 atom stereocenters. The normalized spacial score (nSPS) is 32.6. The van der Waals surface area contributed by atoms with Crippen LogP contribution < -0.4 is 10.6 Å². The fraction of sp³-hybridized carbons (Fsp3) is 0.500. The predicted molar refractivity (Wildman–Crippen MR) is 101 cm³/mol. The monoisotopic (exact) mass is 353 g/mol. The number of nitrogens with zero attached hydrogens (tertiary/aromatic N) is 1. The lowest BCUT2D eigenvalue weighted by molar-refractivity contribution is 0.0105. The van der Waals surface area contributed by atoms with E-state index in [4.69, 9.17) is 0 Å². The zero-order chi connectivity index (χ0) is 16.9. The maximum atomic E-state index is 12.1. The molecule has 0 aromatic carbocycles. The Morgan fingerprint density at radius 2 is 1.80 bits per heavy atom. The molecule has 4 aliphatic rings. The van der Waals surface area contributed by atoms with E-state index in [1.807, 2.05) is 29.6 Å². The molecule has 2 heterocycles. The first-order chi connectivity index (χ1) is 12.2. The fourth-order valence-electron chi connectivity index (χ4n) is 5.68. The van der Waals surface area contributed by atoms with Crippen LogP contribution in [-0.2, 0) is 0 Å². The van der Waals surface area contributed by atoms with Gasteiger partial charge in [0.15, 0.2) is 0 Å². The average molecular weight is 353 g/mol. The average Bonchev–Trinajstić information content (AvgIpc) is 3.10. The van der Waals surface area contributed by atoms with E-state index < -0.39 is 0 Å². The number of rotatable bonds is 4. The van der Waals surface area contributed by atoms with Crippen molar-refractivity contribution < 1.29 is 4.79 Å². The Labute approximate surface area is 152 Å². The molecule has 0 spiro atoms. The van der Waals surface area contributed by atoms with Gasteiger partial charge in [-0.3, -0.25) is 4.79 Å². The highest BCUT2D eigenvalue weighted by Gasteiger charge is 2.51. The maximum Gasteiger partial charge on any atom is 0.265 e. The molecule has 4 fully saturated rings. The quantitative estimate of drug-likeness (QED) is 0.832. The third-order valence-corrected chi connectivity index (χ3v) is 7.07. The van der Waals surface area contributed by atoms with Gasteiger partial charge in [-0.1, -0.05) is 6.07 Å². The summed E-state index contributed by atoms with van der Waals surface area (Å²) in [6.07, 6.45) is 10.0. The number of amides is 1. The van der Waals surface area contributed by atoms with Crippen LogP contribution in [0.25, 0.3) is 0 Å². The first-order valence-electron chi connectivity index (χ1n) is 9.27. The number of carbonyl (C=O) groups excluding carboxylic acids is 1. The van der Waals surface area contributed by atoms with Gasteiger partial charge in [0, 0.05) is 5.54 Å². The highest BCUT2D eigenvalue weighted by Crippen LogP contribution is 2.56. The summed E-state index contributed by atoms with van der Waals surface area (Å²) in [7, 11) is 0. The lowest BCUT2D eigenvalue weighted by Gasteiger charge is -2.57. The molecule has 2 aromatic rings. The summed E-state index contributed by atoms with van der Waals surface area (Å²) in [5.74, 6) is 3.63. The van der Waals surface area contributed by atoms with Crippen molar-refractivity contribution in [2.24, 2.45) is 17.8 Å². The Kier molecular flexibility index (Phi) is 3.59. The minimum atomic E-state index is -0.0707. The van der Waals surface area contributed by atoms with Crippen LogP contribution in [0.4, 0.5) is 11.5 Å². The number of hydrogen-bond acceptors (Lipinski definition) is 4. The molecule has 130 valence electrons. The molecular weight excluding hydrogens is 330 g/mol. The molecule has 4 aliphatic carbocycles. The van der Waals surface area contributed by atoms with E-state index in [0.29, 0.717) is 0 Å². The van der Waals surface area contributed by atoms with Crippen LogP contribution in [0.1, 0.15) is 48.2 Å². The van der Waals surface area contributed by atoms with Gasteiger partial charge in [0.05, 0.1) is 16.8 Å². The van der Waals surface area contributed by atoms with E-state index in [9.17, 15) is 4.79 Å². The van der Waals surface area contributed by atoms with Crippen LogP contribution in [0.5, 0.6) is 0 Å². The Morgan fingerprint density at radius 1 is 1.08 bits per heavy atom. The Hall–Kier alpha value is -1.88. The lowest BCUT2D eigenvalue weighted by atomic mass is 9.53. The Bertz CT molecular complexity index is 733. The molecule has 4 nitrogen and oxygen atoms in total.